The molecule has 1 heteroatoms. The summed E-state index contributed by atoms with van der Waals surface area (Å²) in [6.07, 6.45) is 4.81. The average Bonchev–Trinajstić information content (AvgIpc) is 3.05. The second-order valence-electron chi connectivity index (χ2n) is 14.9. The van der Waals surface area contributed by atoms with Gasteiger partial charge in [-0.1, -0.05) is 128 Å². The van der Waals surface area contributed by atoms with Gasteiger partial charge in [0.15, 0.2) is 0 Å². The lowest BCUT2D eigenvalue weighted by Gasteiger charge is -2.25. The summed E-state index contributed by atoms with van der Waals surface area (Å²) >= 11 is 0. The van der Waals surface area contributed by atoms with Crippen molar-refractivity contribution in [3.63, 3.8) is 0 Å². The van der Waals surface area contributed by atoms with Crippen LogP contribution in [0, 0.1) is 23.7 Å². The molecule has 0 unspecified atom stereocenters. The Morgan fingerprint density at radius 1 is 0.574 bits per heavy atom. The minimum Gasteiger partial charge on any atom is -0.494 e. The molecule has 0 aliphatic rings. The molecule has 0 aliphatic carbocycles. The van der Waals surface area contributed by atoms with Gasteiger partial charge in [-0.2, -0.15) is 0 Å². The number of rotatable bonds is 7. The number of unbranched alkanes of at least 4 members (excludes halogenated alkanes) is 3. The van der Waals surface area contributed by atoms with E-state index >= 15 is 0 Å². The molecule has 47 heavy (non-hydrogen) atoms. The molecule has 0 fully saturated rings. The number of hydrogen-bond donors (Lipinski definition) is 0. The molecule has 6 rings (SSSR count). The Bertz CT molecular complexity index is 2160. The van der Waals surface area contributed by atoms with Crippen molar-refractivity contribution in [2.45, 2.75) is 85.0 Å². The molecule has 0 N–H and O–H groups in total. The minimum absolute atomic E-state index is 0.0228. The highest BCUT2D eigenvalue weighted by Crippen LogP contribution is 2.44. The van der Waals surface area contributed by atoms with Crippen molar-refractivity contribution in [1.29, 1.82) is 0 Å². The zero-order valence-corrected chi connectivity index (χ0v) is 29.1. The third-order valence-corrected chi connectivity index (χ3v) is 9.19. The van der Waals surface area contributed by atoms with Gasteiger partial charge in [0.05, 0.1) is 6.61 Å². The van der Waals surface area contributed by atoms with E-state index in [-0.39, 0.29) is 10.8 Å². The lowest BCUT2D eigenvalue weighted by molar-refractivity contribution is 0.305. The molecule has 0 heterocycles. The van der Waals surface area contributed by atoms with Crippen LogP contribution in [0.4, 0.5) is 0 Å². The van der Waals surface area contributed by atoms with E-state index in [4.69, 9.17) is 4.74 Å². The highest BCUT2D eigenvalue weighted by Gasteiger charge is 2.22. The minimum atomic E-state index is 0.0228. The molecule has 0 aromatic heterocycles. The molecule has 0 bridgehead atoms. The zero-order chi connectivity index (χ0) is 33.2. The topological polar surface area (TPSA) is 9.23 Å². The van der Waals surface area contributed by atoms with Gasteiger partial charge in [0.1, 0.15) is 5.75 Å². The van der Waals surface area contributed by atoms with E-state index in [1.165, 1.54) is 68.3 Å². The van der Waals surface area contributed by atoms with E-state index in [1.807, 2.05) is 24.3 Å². The molecular formula is C46H46O. The fourth-order valence-electron chi connectivity index (χ4n) is 6.39. The first-order valence-corrected chi connectivity index (χ1v) is 17.1. The van der Waals surface area contributed by atoms with Gasteiger partial charge in [-0.15, -0.1) is 0 Å². The molecule has 236 valence electrons. The van der Waals surface area contributed by atoms with E-state index in [1.54, 1.807) is 0 Å². The lowest BCUT2D eigenvalue weighted by Crippen LogP contribution is -2.12. The molecule has 6 aromatic carbocycles. The van der Waals surface area contributed by atoms with Gasteiger partial charge < -0.3 is 4.74 Å². The summed E-state index contributed by atoms with van der Waals surface area (Å²) in [5.74, 6) is 13.8. The highest BCUT2D eigenvalue weighted by molar-refractivity contribution is 6.26. The monoisotopic (exact) mass is 614 g/mol. The van der Waals surface area contributed by atoms with Crippen LogP contribution in [-0.4, -0.2) is 6.61 Å². The van der Waals surface area contributed by atoms with Crippen LogP contribution in [-0.2, 0) is 10.8 Å². The molecule has 0 atom stereocenters. The van der Waals surface area contributed by atoms with Gasteiger partial charge in [0.2, 0.25) is 0 Å². The molecule has 0 saturated carbocycles. The molecule has 6 aromatic rings. The molecule has 0 spiro atoms. The van der Waals surface area contributed by atoms with Crippen LogP contribution in [0.25, 0.3) is 43.4 Å². The fraction of sp³-hybridized carbons (Fsp3) is 0.304. The molecule has 0 saturated heterocycles. The van der Waals surface area contributed by atoms with Crippen LogP contribution in [0.3, 0.4) is 0 Å². The Labute approximate surface area is 281 Å². The van der Waals surface area contributed by atoms with Crippen LogP contribution in [0.15, 0.2) is 91.0 Å². The van der Waals surface area contributed by atoms with Crippen LogP contribution < -0.4 is 4.74 Å². The van der Waals surface area contributed by atoms with Crippen molar-refractivity contribution in [3.05, 3.63) is 113 Å². The number of hydrogen-bond acceptors (Lipinski definition) is 1. The highest BCUT2D eigenvalue weighted by atomic mass is 16.5. The summed E-state index contributed by atoms with van der Waals surface area (Å²) in [6.45, 7) is 16.7. The standard InChI is InChI=1S/C46H46O/c1-8-9-10-15-26-47-39-24-20-32(21-25-39)16-11-12-17-33-18-13-14-19-40(33)41-30-36-29-37(45(2,3)4)27-34-22-23-35-28-38(46(5,6)7)31-42(41)44(35)43(34)36/h13-14,18-25,27-31H,8-10,15,26H2,1-7H3. The summed E-state index contributed by atoms with van der Waals surface area (Å²) in [4.78, 5) is 0. The van der Waals surface area contributed by atoms with E-state index in [0.717, 1.165) is 35.5 Å². The quantitative estimate of drug-likeness (QED) is 0.0987. The van der Waals surface area contributed by atoms with Crippen LogP contribution in [0.1, 0.15) is 96.4 Å². The molecule has 0 radical (unpaired) electrons. The van der Waals surface area contributed by atoms with Gasteiger partial charge in [0, 0.05) is 11.1 Å². The molecule has 1 nitrogen and oxygen atoms in total. The summed E-state index contributed by atoms with van der Waals surface area (Å²) in [5, 5.41) is 7.82. The van der Waals surface area contributed by atoms with Gasteiger partial charge in [-0.25, -0.2) is 0 Å². The SMILES string of the molecule is CCCCCCOc1ccc(C#CC#Cc2ccccc2-c2cc3cc(C(C)(C)C)cc4ccc5cc(C(C)(C)C)cc2c5c43)cc1. The van der Waals surface area contributed by atoms with Crippen molar-refractivity contribution < 1.29 is 4.74 Å². The van der Waals surface area contributed by atoms with E-state index < -0.39 is 0 Å². The Hall–Kier alpha value is -4.72. The Balaban J connectivity index is 1.41. The number of ether oxygens (including phenoxy) is 1. The maximum atomic E-state index is 5.89. The van der Waals surface area contributed by atoms with Crippen LogP contribution in [0.5, 0.6) is 5.75 Å². The second kappa shape index (κ2) is 13.2. The third kappa shape index (κ3) is 7.02. The lowest BCUT2D eigenvalue weighted by atomic mass is 9.79. The first-order valence-electron chi connectivity index (χ1n) is 17.1. The first-order chi connectivity index (χ1) is 22.5. The zero-order valence-electron chi connectivity index (χ0n) is 29.1. The van der Waals surface area contributed by atoms with Gasteiger partial charge in [-0.05, 0) is 126 Å². The average molecular weight is 615 g/mol. The number of benzene rings is 6. The van der Waals surface area contributed by atoms with Crippen molar-refractivity contribution in [2.24, 2.45) is 0 Å². The molecular weight excluding hydrogens is 569 g/mol. The van der Waals surface area contributed by atoms with Crippen molar-refractivity contribution in [3.8, 4) is 40.6 Å². The fourth-order valence-corrected chi connectivity index (χ4v) is 6.39. The summed E-state index contributed by atoms with van der Waals surface area (Å²) in [5.41, 5.74) is 7.02. The second-order valence-corrected chi connectivity index (χ2v) is 14.9. The normalized spacial score (nSPS) is 11.8. The van der Waals surface area contributed by atoms with Gasteiger partial charge in [0.25, 0.3) is 0 Å². The van der Waals surface area contributed by atoms with E-state index in [2.05, 4.69) is 139 Å². The summed E-state index contributed by atoms with van der Waals surface area (Å²) in [7, 11) is 0. The first kappa shape index (κ1) is 32.2. The maximum absolute atomic E-state index is 5.89. The van der Waals surface area contributed by atoms with Gasteiger partial charge in [-0.3, -0.25) is 0 Å². The predicted octanol–water partition coefficient (Wildman–Crippen LogP) is 12.2. The largest absolute Gasteiger partial charge is 0.494 e. The van der Waals surface area contributed by atoms with Gasteiger partial charge >= 0.3 is 0 Å². The van der Waals surface area contributed by atoms with Crippen LogP contribution >= 0.6 is 0 Å². The summed E-state index contributed by atoms with van der Waals surface area (Å²) in [6, 6.07) is 33.1. The Kier molecular flexibility index (Phi) is 9.04. The predicted molar refractivity (Wildman–Crippen MR) is 203 cm³/mol. The Morgan fingerprint density at radius 2 is 1.21 bits per heavy atom. The smallest absolute Gasteiger partial charge is 0.119 e. The molecule has 0 amide bonds. The summed E-state index contributed by atoms with van der Waals surface area (Å²) < 4.78 is 5.89. The van der Waals surface area contributed by atoms with Crippen molar-refractivity contribution in [2.75, 3.05) is 6.61 Å². The van der Waals surface area contributed by atoms with E-state index in [9.17, 15) is 0 Å². The maximum Gasteiger partial charge on any atom is 0.119 e. The molecule has 0 aliphatic heterocycles. The van der Waals surface area contributed by atoms with Crippen molar-refractivity contribution in [1.82, 2.24) is 0 Å². The van der Waals surface area contributed by atoms with Crippen LogP contribution in [0.2, 0.25) is 0 Å². The third-order valence-electron chi connectivity index (χ3n) is 9.19. The van der Waals surface area contributed by atoms with Crippen molar-refractivity contribution >= 4 is 32.3 Å². The Morgan fingerprint density at radius 3 is 1.91 bits per heavy atom. The van der Waals surface area contributed by atoms with E-state index in [0.29, 0.717) is 0 Å².